The highest BCUT2D eigenvalue weighted by Gasteiger charge is 2.37. The van der Waals surface area contributed by atoms with Crippen LogP contribution in [0, 0.1) is 5.92 Å². The monoisotopic (exact) mass is 653 g/mol. The van der Waals surface area contributed by atoms with Gasteiger partial charge in [0.1, 0.15) is 11.8 Å². The van der Waals surface area contributed by atoms with Crippen LogP contribution in [0.15, 0.2) is 83.5 Å². The van der Waals surface area contributed by atoms with Gasteiger partial charge in [0.25, 0.3) is 0 Å². The highest BCUT2D eigenvalue weighted by atomic mass is 16.3. The third-order valence-corrected chi connectivity index (χ3v) is 9.33. The molecule has 4 aromatic rings. The van der Waals surface area contributed by atoms with Crippen LogP contribution >= 0.6 is 0 Å². The Bertz CT molecular complexity index is 1670. The van der Waals surface area contributed by atoms with Crippen molar-refractivity contribution in [3.8, 4) is 0 Å². The third kappa shape index (κ3) is 8.30. The first-order chi connectivity index (χ1) is 23.0. The standard InChI is InChI=1S/C38H47N5O5/c1-38(2,3)41-37(47)32-24-42(23-30-19-27-13-14-39-21-34(27)48-30)15-16-43(32)22-29(44)18-28(17-25-9-5-4-6-10-25)36(46)40-35-31-12-8-7-11-26(31)20-33(35)45/h4-14,19,21,28-29,32-33,35,44-45H,15-18,20,22-24H2,1-3H3,(H,40,46)(H,41,47)/t28-,29+,32+,33-,35+/m1/s1. The van der Waals surface area contributed by atoms with E-state index in [9.17, 15) is 19.8 Å². The summed E-state index contributed by atoms with van der Waals surface area (Å²) in [6, 6.07) is 20.5. The predicted molar refractivity (Wildman–Crippen MR) is 184 cm³/mol. The number of hydrogen-bond donors (Lipinski definition) is 4. The van der Waals surface area contributed by atoms with Crippen molar-refractivity contribution in [1.29, 1.82) is 0 Å². The van der Waals surface area contributed by atoms with Crippen molar-refractivity contribution >= 4 is 22.8 Å². The van der Waals surface area contributed by atoms with Crippen LogP contribution in [0.25, 0.3) is 11.0 Å². The number of carbonyl (C=O) groups excluding carboxylic acids is 2. The van der Waals surface area contributed by atoms with Crippen LogP contribution in [0.3, 0.4) is 0 Å². The van der Waals surface area contributed by atoms with Crippen LogP contribution in [0.1, 0.15) is 55.7 Å². The van der Waals surface area contributed by atoms with Crippen molar-refractivity contribution in [3.05, 3.63) is 102 Å². The van der Waals surface area contributed by atoms with Gasteiger partial charge in [-0.3, -0.25) is 24.4 Å². The number of pyridine rings is 1. The molecule has 3 heterocycles. The fourth-order valence-corrected chi connectivity index (χ4v) is 7.05. The van der Waals surface area contributed by atoms with E-state index >= 15 is 0 Å². The summed E-state index contributed by atoms with van der Waals surface area (Å²) < 4.78 is 6.02. The van der Waals surface area contributed by atoms with Gasteiger partial charge in [0, 0.05) is 55.6 Å². The summed E-state index contributed by atoms with van der Waals surface area (Å²) >= 11 is 0. The van der Waals surface area contributed by atoms with Crippen molar-refractivity contribution in [1.82, 2.24) is 25.4 Å². The van der Waals surface area contributed by atoms with Crippen LogP contribution in [-0.4, -0.2) is 86.8 Å². The zero-order valence-corrected chi connectivity index (χ0v) is 28.0. The van der Waals surface area contributed by atoms with E-state index < -0.39 is 35.7 Å². The van der Waals surface area contributed by atoms with Crippen LogP contribution in [0.4, 0.5) is 0 Å². The summed E-state index contributed by atoms with van der Waals surface area (Å²) in [6.45, 7) is 8.41. The topological polar surface area (TPSA) is 131 Å². The van der Waals surface area contributed by atoms with Crippen molar-refractivity contribution in [3.63, 3.8) is 0 Å². The van der Waals surface area contributed by atoms with Crippen LogP contribution in [-0.2, 0) is 29.0 Å². The molecule has 5 atom stereocenters. The van der Waals surface area contributed by atoms with Gasteiger partial charge in [0.05, 0.1) is 31.0 Å². The highest BCUT2D eigenvalue weighted by Crippen LogP contribution is 2.32. The fourth-order valence-electron chi connectivity index (χ4n) is 7.05. The van der Waals surface area contributed by atoms with Crippen LogP contribution < -0.4 is 10.6 Å². The lowest BCUT2D eigenvalue weighted by atomic mass is 9.91. The maximum atomic E-state index is 13.9. The van der Waals surface area contributed by atoms with E-state index in [1.807, 2.05) is 92.4 Å². The maximum Gasteiger partial charge on any atom is 0.239 e. The molecule has 1 saturated heterocycles. The first-order valence-corrected chi connectivity index (χ1v) is 16.9. The number of β-amino-alcohol motifs (C(OH)–C–C–N with tert-alkyl or cyclic N) is 1. The smallest absolute Gasteiger partial charge is 0.239 e. The number of furan rings is 1. The molecular formula is C38H47N5O5. The summed E-state index contributed by atoms with van der Waals surface area (Å²) in [5.74, 6) is -0.0217. The van der Waals surface area contributed by atoms with Crippen molar-refractivity contribution in [2.45, 2.75) is 76.4 Å². The van der Waals surface area contributed by atoms with E-state index in [0.29, 0.717) is 39.0 Å². The maximum absolute atomic E-state index is 13.9. The van der Waals surface area contributed by atoms with Gasteiger partial charge >= 0.3 is 0 Å². The number of aromatic nitrogens is 1. The lowest BCUT2D eigenvalue weighted by Crippen LogP contribution is -2.61. The van der Waals surface area contributed by atoms with E-state index in [-0.39, 0.29) is 24.8 Å². The van der Waals surface area contributed by atoms with Gasteiger partial charge in [-0.25, -0.2) is 0 Å². The SMILES string of the molecule is CC(C)(C)NC(=O)[C@@H]1CN(Cc2cc3ccncc3o2)CCN1C[C@@H](O)C[C@@H](Cc1ccccc1)C(=O)N[C@H]1c2ccccc2C[C@H]1O. The molecule has 0 spiro atoms. The summed E-state index contributed by atoms with van der Waals surface area (Å²) in [5, 5.41) is 29.6. The third-order valence-electron chi connectivity index (χ3n) is 9.33. The molecule has 254 valence electrons. The summed E-state index contributed by atoms with van der Waals surface area (Å²) in [5.41, 5.74) is 3.28. The van der Waals surface area contributed by atoms with E-state index in [1.165, 1.54) is 0 Å². The molecule has 2 aromatic carbocycles. The Balaban J connectivity index is 1.15. The Labute approximate surface area is 282 Å². The second-order valence-corrected chi connectivity index (χ2v) is 14.3. The van der Waals surface area contributed by atoms with E-state index in [2.05, 4.69) is 20.5 Å². The molecule has 0 unspecified atom stereocenters. The van der Waals surface area contributed by atoms with Gasteiger partial charge < -0.3 is 25.3 Å². The van der Waals surface area contributed by atoms with Crippen molar-refractivity contribution in [2.75, 3.05) is 26.2 Å². The zero-order chi connectivity index (χ0) is 33.8. The molecule has 4 N–H and O–H groups in total. The zero-order valence-electron chi connectivity index (χ0n) is 28.0. The second-order valence-electron chi connectivity index (χ2n) is 14.3. The molecule has 0 radical (unpaired) electrons. The number of carbonyl (C=O) groups is 2. The number of aliphatic hydroxyl groups is 2. The largest absolute Gasteiger partial charge is 0.458 e. The average molecular weight is 654 g/mol. The molecule has 48 heavy (non-hydrogen) atoms. The number of aliphatic hydroxyl groups excluding tert-OH is 2. The molecule has 2 aromatic heterocycles. The molecule has 2 aliphatic rings. The number of hydrogen-bond acceptors (Lipinski definition) is 8. The normalized spacial score (nSPS) is 21.5. The fraction of sp³-hybridized carbons (Fsp3) is 0.447. The van der Waals surface area contributed by atoms with Gasteiger partial charge in [-0.05, 0) is 62.4 Å². The predicted octanol–water partition coefficient (Wildman–Crippen LogP) is 3.61. The molecular weight excluding hydrogens is 606 g/mol. The van der Waals surface area contributed by atoms with Gasteiger partial charge in [-0.1, -0.05) is 54.6 Å². The van der Waals surface area contributed by atoms with Crippen LogP contribution in [0.2, 0.25) is 0 Å². The number of nitrogens with one attached hydrogen (secondary N) is 2. The Morgan fingerprint density at radius 2 is 1.83 bits per heavy atom. The first kappa shape index (κ1) is 33.8. The molecule has 10 heteroatoms. The van der Waals surface area contributed by atoms with Gasteiger partial charge in [-0.2, -0.15) is 0 Å². The quantitative estimate of drug-likeness (QED) is 0.193. The molecule has 1 aliphatic carbocycles. The lowest BCUT2D eigenvalue weighted by Gasteiger charge is -2.42. The number of amides is 2. The van der Waals surface area contributed by atoms with Crippen molar-refractivity contribution < 1.29 is 24.2 Å². The summed E-state index contributed by atoms with van der Waals surface area (Å²) in [4.78, 5) is 35.9. The average Bonchev–Trinajstić information content (AvgIpc) is 3.60. The van der Waals surface area contributed by atoms with Crippen molar-refractivity contribution in [2.24, 2.45) is 5.92 Å². The summed E-state index contributed by atoms with van der Waals surface area (Å²) in [6.07, 6.45) is 3.04. The Hall–Kier alpha value is -4.09. The number of nitrogens with zero attached hydrogens (tertiary/aromatic N) is 3. The van der Waals surface area contributed by atoms with Gasteiger partial charge in [0.15, 0.2) is 5.58 Å². The Morgan fingerprint density at radius 3 is 2.60 bits per heavy atom. The molecule has 6 rings (SSSR count). The van der Waals surface area contributed by atoms with E-state index in [1.54, 1.807) is 12.4 Å². The van der Waals surface area contributed by atoms with E-state index in [0.717, 1.165) is 33.4 Å². The minimum Gasteiger partial charge on any atom is -0.458 e. The minimum atomic E-state index is -0.857. The molecule has 2 amide bonds. The minimum absolute atomic E-state index is 0.0966. The molecule has 0 saturated carbocycles. The number of rotatable bonds is 11. The number of benzene rings is 2. The Morgan fingerprint density at radius 1 is 1.06 bits per heavy atom. The molecule has 1 aliphatic heterocycles. The van der Waals surface area contributed by atoms with Gasteiger partial charge in [-0.15, -0.1) is 0 Å². The first-order valence-electron chi connectivity index (χ1n) is 16.9. The lowest BCUT2D eigenvalue weighted by molar-refractivity contribution is -0.132. The molecule has 1 fully saturated rings. The molecule has 10 nitrogen and oxygen atoms in total. The highest BCUT2D eigenvalue weighted by molar-refractivity contribution is 5.83. The Kier molecular flexibility index (Phi) is 10.3. The van der Waals surface area contributed by atoms with Gasteiger partial charge in [0.2, 0.25) is 11.8 Å². The second kappa shape index (κ2) is 14.6. The summed E-state index contributed by atoms with van der Waals surface area (Å²) in [7, 11) is 0. The van der Waals surface area contributed by atoms with Crippen LogP contribution in [0.5, 0.6) is 0 Å². The number of piperazine rings is 1. The molecule has 0 bridgehead atoms. The number of fused-ring (bicyclic) bond motifs is 2. The van der Waals surface area contributed by atoms with E-state index in [4.69, 9.17) is 4.42 Å².